The van der Waals surface area contributed by atoms with E-state index < -0.39 is 0 Å². The number of hydrogen-bond donors (Lipinski definition) is 0. The third kappa shape index (κ3) is 2.07. The van der Waals surface area contributed by atoms with Crippen LogP contribution in [0.1, 0.15) is 20.3 Å². The van der Waals surface area contributed by atoms with Gasteiger partial charge in [0.15, 0.2) is 0 Å². The van der Waals surface area contributed by atoms with Crippen molar-refractivity contribution in [1.29, 1.82) is 0 Å². The molecule has 0 bridgehead atoms. The summed E-state index contributed by atoms with van der Waals surface area (Å²) in [7, 11) is 0. The van der Waals surface area contributed by atoms with Gasteiger partial charge >= 0.3 is 0 Å². The van der Waals surface area contributed by atoms with Gasteiger partial charge in [0.25, 0.3) is 0 Å². The zero-order chi connectivity index (χ0) is 6.69. The lowest BCUT2D eigenvalue weighted by molar-refractivity contribution is -0.0123. The van der Waals surface area contributed by atoms with Crippen LogP contribution < -0.4 is 0 Å². The minimum atomic E-state index is 0.257. The monoisotopic (exact) mass is 124 g/mol. The van der Waals surface area contributed by atoms with E-state index in [1.807, 2.05) is 0 Å². The van der Waals surface area contributed by atoms with Crippen LogP contribution in [0.2, 0.25) is 0 Å². The van der Waals surface area contributed by atoms with Crippen molar-refractivity contribution in [3.8, 4) is 11.8 Å². The lowest BCUT2D eigenvalue weighted by Crippen LogP contribution is -2.24. The van der Waals surface area contributed by atoms with Crippen molar-refractivity contribution < 1.29 is 4.74 Å². The molecule has 1 aliphatic rings. The van der Waals surface area contributed by atoms with Crippen molar-refractivity contribution in [2.75, 3.05) is 6.61 Å². The molecule has 1 saturated heterocycles. The molecule has 1 heteroatoms. The second-order valence-electron chi connectivity index (χ2n) is 2.59. The molecule has 0 aromatic heterocycles. The fourth-order valence-corrected chi connectivity index (χ4v) is 0.609. The summed E-state index contributed by atoms with van der Waals surface area (Å²) in [4.78, 5) is 0. The Kier molecular flexibility index (Phi) is 2.13. The maximum absolute atomic E-state index is 5.11. The first-order valence-corrected chi connectivity index (χ1v) is 3.41. The zero-order valence-corrected chi connectivity index (χ0v) is 5.98. The van der Waals surface area contributed by atoms with E-state index in [-0.39, 0.29) is 6.10 Å². The molecule has 1 rings (SSSR count). The smallest absolute Gasteiger partial charge is 0.120 e. The molecule has 0 amide bonds. The highest BCUT2D eigenvalue weighted by molar-refractivity contribution is 5.08. The van der Waals surface area contributed by atoms with Crippen molar-refractivity contribution in [1.82, 2.24) is 0 Å². The fourth-order valence-electron chi connectivity index (χ4n) is 0.609. The van der Waals surface area contributed by atoms with Crippen LogP contribution in [-0.4, -0.2) is 12.7 Å². The predicted octanol–water partition coefficient (Wildman–Crippen LogP) is 1.43. The van der Waals surface area contributed by atoms with Crippen LogP contribution in [-0.2, 0) is 4.74 Å². The largest absolute Gasteiger partial charge is 0.365 e. The molecule has 0 aromatic carbocycles. The molecule has 0 aromatic rings. The van der Waals surface area contributed by atoms with Crippen LogP contribution in [0.3, 0.4) is 0 Å². The van der Waals surface area contributed by atoms with E-state index in [2.05, 4.69) is 25.7 Å². The van der Waals surface area contributed by atoms with Crippen LogP contribution >= 0.6 is 0 Å². The number of ether oxygens (including phenoxy) is 1. The Labute approximate surface area is 56.4 Å². The van der Waals surface area contributed by atoms with Crippen LogP contribution in [0.15, 0.2) is 0 Å². The summed E-state index contributed by atoms with van der Waals surface area (Å²) in [6.45, 7) is 5.08. The number of hydrogen-bond acceptors (Lipinski definition) is 1. The number of rotatable bonds is 0. The molecule has 0 aliphatic carbocycles. The highest BCUT2D eigenvalue weighted by Crippen LogP contribution is 2.08. The molecule has 0 unspecified atom stereocenters. The molecule has 0 spiro atoms. The summed E-state index contributed by atoms with van der Waals surface area (Å²) in [5, 5.41) is 0. The Morgan fingerprint density at radius 1 is 1.56 bits per heavy atom. The summed E-state index contributed by atoms with van der Waals surface area (Å²) < 4.78 is 5.11. The standard InChI is InChI=1S/C8H12O/c1-7(2)3-4-8-5-6-9-8/h7-8H,5-6H2,1-2H3/t8-/m1/s1. The molecule has 1 fully saturated rings. The van der Waals surface area contributed by atoms with Gasteiger partial charge in [-0.15, -0.1) is 0 Å². The molecule has 0 saturated carbocycles. The van der Waals surface area contributed by atoms with Gasteiger partial charge in [-0.1, -0.05) is 25.7 Å². The molecule has 0 N–H and O–H groups in total. The Morgan fingerprint density at radius 3 is 2.56 bits per heavy atom. The summed E-state index contributed by atoms with van der Waals surface area (Å²) in [6.07, 6.45) is 1.38. The van der Waals surface area contributed by atoms with Crippen LogP contribution in [0.5, 0.6) is 0 Å². The normalized spacial score (nSPS) is 24.6. The van der Waals surface area contributed by atoms with Crippen molar-refractivity contribution in [3.63, 3.8) is 0 Å². The zero-order valence-electron chi connectivity index (χ0n) is 5.98. The summed E-state index contributed by atoms with van der Waals surface area (Å²) in [5.74, 6) is 6.60. The summed E-state index contributed by atoms with van der Waals surface area (Å²) in [5.41, 5.74) is 0. The second kappa shape index (κ2) is 2.89. The molecule has 1 nitrogen and oxygen atoms in total. The Morgan fingerprint density at radius 2 is 2.22 bits per heavy atom. The average Bonchev–Trinajstić information content (AvgIpc) is 1.60. The van der Waals surface area contributed by atoms with Crippen LogP contribution in [0.4, 0.5) is 0 Å². The molecule has 1 atom stereocenters. The Bertz CT molecular complexity index is 134. The highest BCUT2D eigenvalue weighted by atomic mass is 16.5. The second-order valence-corrected chi connectivity index (χ2v) is 2.59. The van der Waals surface area contributed by atoms with Crippen molar-refractivity contribution in [3.05, 3.63) is 0 Å². The van der Waals surface area contributed by atoms with Crippen LogP contribution in [0, 0.1) is 17.8 Å². The van der Waals surface area contributed by atoms with E-state index >= 15 is 0 Å². The summed E-state index contributed by atoms with van der Waals surface area (Å²) >= 11 is 0. The molecular weight excluding hydrogens is 112 g/mol. The molecule has 9 heavy (non-hydrogen) atoms. The minimum absolute atomic E-state index is 0.257. The predicted molar refractivity (Wildman–Crippen MR) is 37.0 cm³/mol. The van der Waals surface area contributed by atoms with Gasteiger partial charge in [0.05, 0.1) is 6.61 Å². The van der Waals surface area contributed by atoms with Crippen molar-refractivity contribution in [2.24, 2.45) is 5.92 Å². The van der Waals surface area contributed by atoms with E-state index in [0.717, 1.165) is 13.0 Å². The van der Waals surface area contributed by atoms with Gasteiger partial charge in [-0.05, 0) is 0 Å². The van der Waals surface area contributed by atoms with Gasteiger partial charge in [-0.25, -0.2) is 0 Å². The van der Waals surface area contributed by atoms with Gasteiger partial charge in [0.2, 0.25) is 0 Å². The SMILES string of the molecule is CC(C)C#C[C@@H]1CCO1. The van der Waals surface area contributed by atoms with Gasteiger partial charge in [0.1, 0.15) is 6.10 Å². The lowest BCUT2D eigenvalue weighted by Gasteiger charge is -2.20. The van der Waals surface area contributed by atoms with Gasteiger partial charge in [0, 0.05) is 12.3 Å². The molecule has 1 heterocycles. The van der Waals surface area contributed by atoms with E-state index in [9.17, 15) is 0 Å². The topological polar surface area (TPSA) is 9.23 Å². The van der Waals surface area contributed by atoms with E-state index in [1.165, 1.54) is 0 Å². The van der Waals surface area contributed by atoms with Crippen molar-refractivity contribution in [2.45, 2.75) is 26.4 Å². The molecule has 1 aliphatic heterocycles. The first-order valence-electron chi connectivity index (χ1n) is 3.41. The third-order valence-corrected chi connectivity index (χ3v) is 1.23. The molecule has 0 radical (unpaired) electrons. The van der Waals surface area contributed by atoms with Gasteiger partial charge in [-0.2, -0.15) is 0 Å². The van der Waals surface area contributed by atoms with E-state index in [1.54, 1.807) is 0 Å². The third-order valence-electron chi connectivity index (χ3n) is 1.23. The van der Waals surface area contributed by atoms with Crippen LogP contribution in [0.25, 0.3) is 0 Å². The van der Waals surface area contributed by atoms with Gasteiger partial charge < -0.3 is 4.74 Å². The van der Waals surface area contributed by atoms with E-state index in [0.29, 0.717) is 5.92 Å². The average molecular weight is 124 g/mol. The summed E-state index contributed by atoms with van der Waals surface area (Å²) in [6, 6.07) is 0. The lowest BCUT2D eigenvalue weighted by atomic mass is 10.1. The Balaban J connectivity index is 2.23. The maximum atomic E-state index is 5.11. The molecule has 50 valence electrons. The first-order chi connectivity index (χ1) is 4.29. The van der Waals surface area contributed by atoms with Gasteiger partial charge in [-0.3, -0.25) is 0 Å². The quantitative estimate of drug-likeness (QED) is 0.444. The Hall–Kier alpha value is -0.480. The van der Waals surface area contributed by atoms with Crippen molar-refractivity contribution >= 4 is 0 Å². The highest BCUT2D eigenvalue weighted by Gasteiger charge is 2.13. The maximum Gasteiger partial charge on any atom is 0.120 e. The fraction of sp³-hybridized carbons (Fsp3) is 0.750. The first kappa shape index (κ1) is 6.64. The molecular formula is C8H12O. The van der Waals surface area contributed by atoms with E-state index in [4.69, 9.17) is 4.74 Å². The minimum Gasteiger partial charge on any atom is -0.365 e.